The highest BCUT2D eigenvalue weighted by Gasteiger charge is 2.22. The zero-order valence-corrected chi connectivity index (χ0v) is 14.6. The molecule has 1 fully saturated rings. The first-order valence-electron chi connectivity index (χ1n) is 8.46. The Labute approximate surface area is 146 Å². The average molecular weight is 347 g/mol. The van der Waals surface area contributed by atoms with E-state index in [1.807, 2.05) is 18.2 Å². The summed E-state index contributed by atoms with van der Waals surface area (Å²) in [6.45, 7) is 4.27. The lowest BCUT2D eigenvalue weighted by Gasteiger charge is -2.34. The van der Waals surface area contributed by atoms with E-state index in [4.69, 9.17) is 26.1 Å². The minimum Gasteiger partial charge on any atom is -0.454 e. The van der Waals surface area contributed by atoms with Crippen LogP contribution in [0.15, 0.2) is 22.6 Å². The molecule has 6 nitrogen and oxygen atoms in total. The molecule has 1 atom stereocenters. The van der Waals surface area contributed by atoms with Crippen LogP contribution >= 0.6 is 12.2 Å². The summed E-state index contributed by atoms with van der Waals surface area (Å²) in [5, 5.41) is 4.58. The topological polar surface area (TPSA) is 52.7 Å². The van der Waals surface area contributed by atoms with E-state index < -0.39 is 0 Å². The molecule has 7 heteroatoms. The molecule has 0 unspecified atom stereocenters. The van der Waals surface area contributed by atoms with E-state index in [0.717, 1.165) is 24.3 Å². The van der Waals surface area contributed by atoms with Crippen LogP contribution in [-0.4, -0.2) is 34.1 Å². The number of ether oxygens (including phenoxy) is 2. The summed E-state index contributed by atoms with van der Waals surface area (Å²) in [5.41, 5.74) is 0.842. The van der Waals surface area contributed by atoms with Gasteiger partial charge in [0, 0.05) is 18.2 Å². The van der Waals surface area contributed by atoms with Crippen molar-refractivity contribution in [1.29, 1.82) is 0 Å². The molecule has 24 heavy (non-hydrogen) atoms. The standard InChI is InChI=1S/C17H21N3O3S/c1-2-13-5-3-4-8-19(13)10-20-17(24)23-16(18-20)12-6-7-14-15(9-12)22-11-21-14/h6-7,9,13H,2-5,8,10-11H2,1H3/t13-/m1/s1. The van der Waals surface area contributed by atoms with E-state index in [-0.39, 0.29) is 6.79 Å². The first-order chi connectivity index (χ1) is 11.7. The molecule has 3 heterocycles. The van der Waals surface area contributed by atoms with Crippen LogP contribution in [-0.2, 0) is 6.67 Å². The second-order valence-corrected chi connectivity index (χ2v) is 6.60. The molecule has 2 aliphatic heterocycles. The van der Waals surface area contributed by atoms with Crippen LogP contribution in [0.3, 0.4) is 0 Å². The molecule has 0 bridgehead atoms. The van der Waals surface area contributed by atoms with Gasteiger partial charge in [-0.3, -0.25) is 4.90 Å². The number of piperidine rings is 1. The Bertz CT molecular complexity index is 786. The van der Waals surface area contributed by atoms with Crippen molar-refractivity contribution in [3.8, 4) is 23.0 Å². The van der Waals surface area contributed by atoms with Crippen molar-refractivity contribution < 1.29 is 13.9 Å². The quantitative estimate of drug-likeness (QED) is 0.784. The van der Waals surface area contributed by atoms with Gasteiger partial charge in [-0.25, -0.2) is 4.68 Å². The third-order valence-corrected chi connectivity index (χ3v) is 5.06. The molecule has 1 saturated heterocycles. The number of fused-ring (bicyclic) bond motifs is 1. The summed E-state index contributed by atoms with van der Waals surface area (Å²) in [6.07, 6.45) is 4.94. The fourth-order valence-corrected chi connectivity index (χ4v) is 3.60. The van der Waals surface area contributed by atoms with Gasteiger partial charge in [-0.15, -0.1) is 5.10 Å². The van der Waals surface area contributed by atoms with Crippen LogP contribution in [0.2, 0.25) is 0 Å². The van der Waals surface area contributed by atoms with Gasteiger partial charge < -0.3 is 13.9 Å². The highest BCUT2D eigenvalue weighted by molar-refractivity contribution is 7.71. The summed E-state index contributed by atoms with van der Waals surface area (Å²) < 4.78 is 18.2. The van der Waals surface area contributed by atoms with Crippen molar-refractivity contribution in [3.05, 3.63) is 23.0 Å². The Morgan fingerprint density at radius 1 is 1.25 bits per heavy atom. The van der Waals surface area contributed by atoms with Gasteiger partial charge in [0.25, 0.3) is 4.84 Å². The van der Waals surface area contributed by atoms with Crippen molar-refractivity contribution in [2.75, 3.05) is 13.3 Å². The number of likely N-dealkylation sites (tertiary alicyclic amines) is 1. The van der Waals surface area contributed by atoms with Gasteiger partial charge >= 0.3 is 0 Å². The Kier molecular flexibility index (Phi) is 4.28. The lowest BCUT2D eigenvalue weighted by molar-refractivity contribution is 0.0994. The van der Waals surface area contributed by atoms with Gasteiger partial charge in [0.2, 0.25) is 12.7 Å². The van der Waals surface area contributed by atoms with E-state index in [0.29, 0.717) is 29.2 Å². The molecular formula is C17H21N3O3S. The summed E-state index contributed by atoms with van der Waals surface area (Å²) in [6, 6.07) is 6.26. The Balaban J connectivity index is 1.57. The fraction of sp³-hybridized carbons (Fsp3) is 0.529. The van der Waals surface area contributed by atoms with E-state index in [1.54, 1.807) is 4.68 Å². The third kappa shape index (κ3) is 2.93. The fourth-order valence-electron chi connectivity index (χ4n) is 3.42. The van der Waals surface area contributed by atoms with Gasteiger partial charge in [-0.2, -0.15) is 0 Å². The lowest BCUT2D eigenvalue weighted by atomic mass is 10.0. The van der Waals surface area contributed by atoms with Gasteiger partial charge in [0.1, 0.15) is 0 Å². The number of benzene rings is 1. The molecule has 0 N–H and O–H groups in total. The van der Waals surface area contributed by atoms with Gasteiger partial charge in [0.15, 0.2) is 11.5 Å². The van der Waals surface area contributed by atoms with E-state index >= 15 is 0 Å². The van der Waals surface area contributed by atoms with Gasteiger partial charge in [0.05, 0.1) is 6.67 Å². The highest BCUT2D eigenvalue weighted by Crippen LogP contribution is 2.35. The first kappa shape index (κ1) is 15.7. The molecule has 2 aliphatic rings. The SMILES string of the molecule is CC[C@@H]1CCCCN1Cn1nc(-c2ccc3c(c2)OCO3)oc1=S. The predicted molar refractivity (Wildman–Crippen MR) is 91.5 cm³/mol. The molecule has 0 saturated carbocycles. The van der Waals surface area contributed by atoms with E-state index in [2.05, 4.69) is 16.9 Å². The van der Waals surface area contributed by atoms with Crippen LogP contribution in [0.25, 0.3) is 11.5 Å². The monoisotopic (exact) mass is 347 g/mol. The average Bonchev–Trinajstić information content (AvgIpc) is 3.21. The summed E-state index contributed by atoms with van der Waals surface area (Å²) in [4.78, 5) is 2.86. The Morgan fingerprint density at radius 3 is 3.00 bits per heavy atom. The maximum Gasteiger partial charge on any atom is 0.288 e. The van der Waals surface area contributed by atoms with Crippen molar-refractivity contribution >= 4 is 12.2 Å². The van der Waals surface area contributed by atoms with Crippen LogP contribution in [0.5, 0.6) is 11.5 Å². The number of nitrogens with zero attached hydrogens (tertiary/aromatic N) is 3. The minimum absolute atomic E-state index is 0.254. The normalized spacial score (nSPS) is 20.5. The van der Waals surface area contributed by atoms with Crippen molar-refractivity contribution in [1.82, 2.24) is 14.7 Å². The lowest BCUT2D eigenvalue weighted by Crippen LogP contribution is -2.40. The second kappa shape index (κ2) is 6.57. The molecule has 2 aromatic rings. The third-order valence-electron chi connectivity index (χ3n) is 4.76. The van der Waals surface area contributed by atoms with E-state index in [9.17, 15) is 0 Å². The zero-order valence-electron chi connectivity index (χ0n) is 13.7. The van der Waals surface area contributed by atoms with Crippen LogP contribution < -0.4 is 9.47 Å². The van der Waals surface area contributed by atoms with Gasteiger partial charge in [-0.05, 0) is 49.7 Å². The van der Waals surface area contributed by atoms with Crippen LogP contribution in [0.1, 0.15) is 32.6 Å². The van der Waals surface area contributed by atoms with Crippen molar-refractivity contribution in [3.63, 3.8) is 0 Å². The van der Waals surface area contributed by atoms with Crippen molar-refractivity contribution in [2.24, 2.45) is 0 Å². The Morgan fingerprint density at radius 2 is 2.12 bits per heavy atom. The number of hydrogen-bond donors (Lipinski definition) is 0. The van der Waals surface area contributed by atoms with Gasteiger partial charge in [-0.1, -0.05) is 13.3 Å². The second-order valence-electron chi connectivity index (χ2n) is 6.25. The molecule has 0 radical (unpaired) electrons. The molecule has 0 amide bonds. The smallest absolute Gasteiger partial charge is 0.288 e. The molecule has 128 valence electrons. The maximum absolute atomic E-state index is 5.71. The molecule has 4 rings (SSSR count). The minimum atomic E-state index is 0.254. The number of rotatable bonds is 4. The summed E-state index contributed by atoms with van der Waals surface area (Å²) >= 11 is 5.37. The Hall–Kier alpha value is -1.86. The largest absolute Gasteiger partial charge is 0.454 e. The zero-order chi connectivity index (χ0) is 16.5. The highest BCUT2D eigenvalue weighted by atomic mass is 32.1. The van der Waals surface area contributed by atoms with Crippen LogP contribution in [0, 0.1) is 4.84 Å². The summed E-state index contributed by atoms with van der Waals surface area (Å²) in [5.74, 6) is 1.98. The number of aromatic nitrogens is 2. The summed E-state index contributed by atoms with van der Waals surface area (Å²) in [7, 11) is 0. The van der Waals surface area contributed by atoms with Crippen LogP contribution in [0.4, 0.5) is 0 Å². The molecule has 1 aromatic carbocycles. The maximum atomic E-state index is 5.71. The molecule has 0 aliphatic carbocycles. The molecule has 1 aromatic heterocycles. The first-order valence-corrected chi connectivity index (χ1v) is 8.87. The molecule has 0 spiro atoms. The van der Waals surface area contributed by atoms with Crippen molar-refractivity contribution in [2.45, 2.75) is 45.3 Å². The van der Waals surface area contributed by atoms with E-state index in [1.165, 1.54) is 19.3 Å². The number of hydrogen-bond acceptors (Lipinski definition) is 6. The molecular weight excluding hydrogens is 326 g/mol. The predicted octanol–water partition coefficient (Wildman–Crippen LogP) is 3.82.